The van der Waals surface area contributed by atoms with Gasteiger partial charge in [0.15, 0.2) is 11.5 Å². The van der Waals surface area contributed by atoms with Crippen LogP contribution < -0.4 is 20.1 Å². The van der Waals surface area contributed by atoms with Gasteiger partial charge < -0.3 is 24.8 Å². The lowest BCUT2D eigenvalue weighted by Gasteiger charge is -2.36. The van der Waals surface area contributed by atoms with Gasteiger partial charge in [-0.05, 0) is 58.2 Å². The van der Waals surface area contributed by atoms with Crippen molar-refractivity contribution >= 4 is 12.0 Å². The van der Waals surface area contributed by atoms with Gasteiger partial charge in [-0.1, -0.05) is 0 Å². The van der Waals surface area contributed by atoms with Crippen LogP contribution in [0, 0.1) is 6.92 Å². The molecule has 1 aromatic carbocycles. The fraction of sp³-hybridized carbons (Fsp3) is 0.579. The van der Waals surface area contributed by atoms with Gasteiger partial charge in [0.05, 0.1) is 14.2 Å². The van der Waals surface area contributed by atoms with Crippen LogP contribution >= 0.6 is 0 Å². The molecule has 26 heavy (non-hydrogen) atoms. The maximum atomic E-state index is 12.5. The minimum atomic E-state index is -0.521. The number of carbonyl (C=O) groups excluding carboxylic acids is 2. The molecule has 0 aromatic heterocycles. The molecule has 0 atom stereocenters. The summed E-state index contributed by atoms with van der Waals surface area (Å²) >= 11 is 0. The minimum Gasteiger partial charge on any atom is -0.493 e. The van der Waals surface area contributed by atoms with E-state index in [1.165, 1.54) is 7.11 Å². The van der Waals surface area contributed by atoms with E-state index in [4.69, 9.17) is 14.2 Å². The monoisotopic (exact) mass is 364 g/mol. The van der Waals surface area contributed by atoms with Crippen molar-refractivity contribution in [2.75, 3.05) is 14.2 Å². The van der Waals surface area contributed by atoms with Crippen LogP contribution in [0.25, 0.3) is 0 Å². The molecule has 7 heteroatoms. The number of methoxy groups -OCH3 is 2. The van der Waals surface area contributed by atoms with E-state index in [-0.39, 0.29) is 18.0 Å². The van der Waals surface area contributed by atoms with Crippen LogP contribution in [0.2, 0.25) is 0 Å². The molecule has 0 spiro atoms. The van der Waals surface area contributed by atoms with Crippen LogP contribution in [0.3, 0.4) is 0 Å². The molecule has 144 valence electrons. The molecule has 0 heterocycles. The maximum Gasteiger partial charge on any atom is 0.407 e. The predicted octanol–water partition coefficient (Wildman–Crippen LogP) is 2.80. The highest BCUT2D eigenvalue weighted by Crippen LogP contribution is 2.30. The second kappa shape index (κ2) is 7.85. The first kappa shape index (κ1) is 19.9. The molecule has 1 aromatic rings. The largest absolute Gasteiger partial charge is 0.493 e. The molecule has 7 nitrogen and oxygen atoms in total. The van der Waals surface area contributed by atoms with Gasteiger partial charge in [0, 0.05) is 17.6 Å². The predicted molar refractivity (Wildman–Crippen MR) is 97.9 cm³/mol. The third-order valence-corrected chi connectivity index (χ3v) is 4.17. The van der Waals surface area contributed by atoms with Gasteiger partial charge in [-0.2, -0.15) is 0 Å². The Labute approximate surface area is 154 Å². The van der Waals surface area contributed by atoms with Crippen molar-refractivity contribution in [3.05, 3.63) is 23.3 Å². The average Bonchev–Trinajstić information content (AvgIpc) is 2.50. The smallest absolute Gasteiger partial charge is 0.407 e. The van der Waals surface area contributed by atoms with Crippen molar-refractivity contribution in [1.82, 2.24) is 10.6 Å². The quantitative estimate of drug-likeness (QED) is 0.839. The molecule has 2 N–H and O–H groups in total. The first-order chi connectivity index (χ1) is 12.1. The van der Waals surface area contributed by atoms with E-state index < -0.39 is 11.7 Å². The van der Waals surface area contributed by atoms with Gasteiger partial charge >= 0.3 is 6.09 Å². The zero-order valence-electron chi connectivity index (χ0n) is 16.3. The van der Waals surface area contributed by atoms with Crippen molar-refractivity contribution in [1.29, 1.82) is 0 Å². The number of rotatable bonds is 5. The van der Waals surface area contributed by atoms with E-state index in [9.17, 15) is 9.59 Å². The lowest BCUT2D eigenvalue weighted by atomic mass is 9.86. The number of hydrogen-bond donors (Lipinski definition) is 2. The number of aryl methyl sites for hydroxylation is 1. The van der Waals surface area contributed by atoms with Gasteiger partial charge in [0.2, 0.25) is 0 Å². The average molecular weight is 364 g/mol. The summed E-state index contributed by atoms with van der Waals surface area (Å²) in [5, 5.41) is 5.80. The third-order valence-electron chi connectivity index (χ3n) is 4.17. The summed E-state index contributed by atoms with van der Waals surface area (Å²) in [5.41, 5.74) is 0.834. The second-order valence-electron chi connectivity index (χ2n) is 7.51. The Morgan fingerprint density at radius 3 is 2.08 bits per heavy atom. The topological polar surface area (TPSA) is 85.9 Å². The molecular formula is C19H28N2O5. The summed E-state index contributed by atoms with van der Waals surface area (Å²) < 4.78 is 15.7. The minimum absolute atomic E-state index is 0.0154. The lowest BCUT2D eigenvalue weighted by molar-refractivity contribution is 0.0465. The van der Waals surface area contributed by atoms with Gasteiger partial charge in [0.25, 0.3) is 5.91 Å². The Hall–Kier alpha value is -2.44. The Bertz CT molecular complexity index is 675. The SMILES string of the molecule is COc1cc(C)c(C(=O)NC2CC(NC(=O)OC(C)(C)C)C2)cc1OC. The molecule has 1 fully saturated rings. The van der Waals surface area contributed by atoms with Gasteiger partial charge in [-0.25, -0.2) is 4.79 Å². The first-order valence-electron chi connectivity index (χ1n) is 8.66. The highest BCUT2D eigenvalue weighted by Gasteiger charge is 2.33. The first-order valence-corrected chi connectivity index (χ1v) is 8.66. The summed E-state index contributed by atoms with van der Waals surface area (Å²) in [6, 6.07) is 3.50. The molecule has 0 bridgehead atoms. The number of amides is 2. The van der Waals surface area contributed by atoms with Crippen LogP contribution in [0.1, 0.15) is 49.5 Å². The van der Waals surface area contributed by atoms with Gasteiger partial charge in [-0.15, -0.1) is 0 Å². The standard InChI is InChI=1S/C19H28N2O5/c1-11-7-15(24-5)16(25-6)10-14(11)17(22)20-12-8-13(9-12)21-18(23)26-19(2,3)4/h7,10,12-13H,8-9H2,1-6H3,(H,20,22)(H,21,23). The number of benzene rings is 1. The number of hydrogen-bond acceptors (Lipinski definition) is 5. The van der Waals surface area contributed by atoms with E-state index in [0.29, 0.717) is 29.9 Å². The van der Waals surface area contributed by atoms with E-state index in [1.807, 2.05) is 27.7 Å². The molecule has 1 aliphatic carbocycles. The Balaban J connectivity index is 1.88. The van der Waals surface area contributed by atoms with Crippen molar-refractivity contribution in [2.24, 2.45) is 0 Å². The third kappa shape index (κ3) is 5.03. The normalized spacial score (nSPS) is 19.2. The second-order valence-corrected chi connectivity index (χ2v) is 7.51. The highest BCUT2D eigenvalue weighted by molar-refractivity contribution is 5.96. The zero-order chi connectivity index (χ0) is 19.5. The Kier molecular flexibility index (Phi) is 6.00. The van der Waals surface area contributed by atoms with Crippen LogP contribution in [-0.2, 0) is 4.74 Å². The summed E-state index contributed by atoms with van der Waals surface area (Å²) in [6.07, 6.45) is 0.928. The Morgan fingerprint density at radius 1 is 1.00 bits per heavy atom. The van der Waals surface area contributed by atoms with E-state index >= 15 is 0 Å². The number of alkyl carbamates (subject to hydrolysis) is 1. The molecule has 2 rings (SSSR count). The van der Waals surface area contributed by atoms with E-state index in [0.717, 1.165) is 5.56 Å². The molecule has 0 radical (unpaired) electrons. The number of nitrogens with one attached hydrogen (secondary N) is 2. The summed E-state index contributed by atoms with van der Waals surface area (Å²) in [7, 11) is 3.09. The fourth-order valence-corrected chi connectivity index (χ4v) is 2.82. The van der Waals surface area contributed by atoms with Gasteiger partial charge in [-0.3, -0.25) is 4.79 Å². The lowest BCUT2D eigenvalue weighted by Crippen LogP contribution is -2.54. The van der Waals surface area contributed by atoms with Gasteiger partial charge in [0.1, 0.15) is 5.60 Å². The summed E-state index contributed by atoms with van der Waals surface area (Å²) in [6.45, 7) is 7.32. The van der Waals surface area contributed by atoms with Crippen LogP contribution in [0.15, 0.2) is 12.1 Å². The molecular weight excluding hydrogens is 336 g/mol. The van der Waals surface area contributed by atoms with Crippen molar-refractivity contribution < 1.29 is 23.8 Å². The molecule has 0 aliphatic heterocycles. The van der Waals surface area contributed by atoms with Crippen molar-refractivity contribution in [3.8, 4) is 11.5 Å². The van der Waals surface area contributed by atoms with E-state index in [2.05, 4.69) is 10.6 Å². The van der Waals surface area contributed by atoms with Crippen molar-refractivity contribution in [3.63, 3.8) is 0 Å². The molecule has 2 amide bonds. The number of carbonyl (C=O) groups is 2. The molecule has 0 unspecified atom stereocenters. The summed E-state index contributed by atoms with van der Waals surface area (Å²) in [4.78, 5) is 24.3. The number of ether oxygens (including phenoxy) is 3. The van der Waals surface area contributed by atoms with Crippen LogP contribution in [0.4, 0.5) is 4.79 Å². The highest BCUT2D eigenvalue weighted by atomic mass is 16.6. The van der Waals surface area contributed by atoms with Crippen LogP contribution in [0.5, 0.6) is 11.5 Å². The fourth-order valence-electron chi connectivity index (χ4n) is 2.82. The molecule has 1 aliphatic rings. The molecule has 0 saturated heterocycles. The van der Waals surface area contributed by atoms with Crippen LogP contribution in [-0.4, -0.2) is 43.9 Å². The molecule has 1 saturated carbocycles. The maximum absolute atomic E-state index is 12.5. The van der Waals surface area contributed by atoms with Crippen molar-refractivity contribution in [2.45, 2.75) is 58.2 Å². The van der Waals surface area contributed by atoms with E-state index in [1.54, 1.807) is 19.2 Å². The summed E-state index contributed by atoms with van der Waals surface area (Å²) in [5.74, 6) is 0.942. The Morgan fingerprint density at radius 2 is 1.54 bits per heavy atom. The zero-order valence-corrected chi connectivity index (χ0v) is 16.3.